The van der Waals surface area contributed by atoms with E-state index in [1.54, 1.807) is 0 Å². The van der Waals surface area contributed by atoms with Crippen molar-refractivity contribution in [2.75, 3.05) is 13.2 Å². The smallest absolute Gasteiger partial charge is 0.435 e. The Bertz CT molecular complexity index is 820. The Morgan fingerprint density at radius 3 is 2.49 bits per heavy atom. The zero-order valence-corrected chi connectivity index (χ0v) is 22.7. The first-order chi connectivity index (χ1) is 16.7. The Balaban J connectivity index is 1.17. The predicted octanol–water partition coefficient (Wildman–Crippen LogP) is 6.97. The predicted molar refractivity (Wildman–Crippen MR) is 134 cm³/mol. The van der Waals surface area contributed by atoms with Gasteiger partial charge < -0.3 is 18.9 Å². The molecule has 0 bridgehead atoms. The molecule has 0 radical (unpaired) electrons. The summed E-state index contributed by atoms with van der Waals surface area (Å²) in [5.41, 5.74) is 0.765. The van der Waals surface area contributed by atoms with Crippen LogP contribution in [0.25, 0.3) is 0 Å². The minimum atomic E-state index is -0.482. The molecule has 0 aromatic carbocycles. The van der Waals surface area contributed by atoms with E-state index in [1.165, 1.54) is 44.9 Å². The zero-order valence-electron chi connectivity index (χ0n) is 22.7. The number of carbonyl (C=O) groups excluding carboxylic acids is 1. The Morgan fingerprint density at radius 1 is 0.943 bits per heavy atom. The highest BCUT2D eigenvalue weighted by atomic mass is 16.7. The van der Waals surface area contributed by atoms with E-state index in [0.29, 0.717) is 47.2 Å². The molecule has 35 heavy (non-hydrogen) atoms. The van der Waals surface area contributed by atoms with Gasteiger partial charge in [0.25, 0.3) is 0 Å². The molecule has 1 spiro atoms. The highest BCUT2D eigenvalue weighted by molar-refractivity contribution is 5.60. The summed E-state index contributed by atoms with van der Waals surface area (Å²) in [6, 6.07) is 0. The van der Waals surface area contributed by atoms with E-state index in [2.05, 4.69) is 27.7 Å². The summed E-state index contributed by atoms with van der Waals surface area (Å²) in [5.74, 6) is 4.55. The molecule has 6 fully saturated rings. The van der Waals surface area contributed by atoms with Gasteiger partial charge in [-0.15, -0.1) is 0 Å². The molecule has 2 heterocycles. The maximum Gasteiger partial charge on any atom is 0.508 e. The quantitative estimate of drug-likeness (QED) is 0.393. The van der Waals surface area contributed by atoms with Crippen LogP contribution in [0.1, 0.15) is 98.8 Å². The van der Waals surface area contributed by atoms with Gasteiger partial charge in [-0.2, -0.15) is 0 Å². The van der Waals surface area contributed by atoms with Crippen molar-refractivity contribution in [3.05, 3.63) is 0 Å². The number of hydrogen-bond donors (Lipinski definition) is 0. The van der Waals surface area contributed by atoms with Crippen LogP contribution in [0.2, 0.25) is 0 Å². The van der Waals surface area contributed by atoms with E-state index >= 15 is 0 Å². The molecular formula is C30H48O5. The molecule has 2 saturated heterocycles. The van der Waals surface area contributed by atoms with Crippen molar-refractivity contribution in [3.8, 4) is 0 Å². The summed E-state index contributed by atoms with van der Waals surface area (Å²) in [4.78, 5) is 11.9. The minimum absolute atomic E-state index is 0.0343. The van der Waals surface area contributed by atoms with Gasteiger partial charge in [-0.25, -0.2) is 4.79 Å². The van der Waals surface area contributed by atoms with Crippen LogP contribution in [0.5, 0.6) is 0 Å². The Labute approximate surface area is 212 Å². The van der Waals surface area contributed by atoms with Crippen LogP contribution in [0.4, 0.5) is 4.79 Å². The molecule has 0 aromatic rings. The Hall–Kier alpha value is -0.810. The van der Waals surface area contributed by atoms with Crippen LogP contribution >= 0.6 is 0 Å². The van der Waals surface area contributed by atoms with Gasteiger partial charge in [0.05, 0.1) is 19.3 Å². The van der Waals surface area contributed by atoms with Crippen molar-refractivity contribution in [2.24, 2.45) is 52.3 Å². The van der Waals surface area contributed by atoms with Gasteiger partial charge in [0.2, 0.25) is 0 Å². The molecule has 5 nitrogen and oxygen atoms in total. The number of ether oxygens (including phenoxy) is 4. The van der Waals surface area contributed by atoms with E-state index in [4.69, 9.17) is 18.9 Å². The minimum Gasteiger partial charge on any atom is -0.435 e. The molecular weight excluding hydrogens is 440 g/mol. The SMILES string of the molecule is CCOC(=O)O[C@H]1CC[C@]2(C)C3CC[C@@]4(C)C(C[C@@H]5O[C@]6(CCC(C)CO6)[C@@H](C)C54)C3CC[C@@H]2C1. The van der Waals surface area contributed by atoms with E-state index in [9.17, 15) is 4.79 Å². The Kier molecular flexibility index (Phi) is 6.03. The highest BCUT2D eigenvalue weighted by Crippen LogP contribution is 2.71. The van der Waals surface area contributed by atoms with E-state index in [1.807, 2.05) is 6.92 Å². The second-order valence-electron chi connectivity index (χ2n) is 13.9. The van der Waals surface area contributed by atoms with Gasteiger partial charge in [0, 0.05) is 12.3 Å². The van der Waals surface area contributed by atoms with E-state index in [-0.39, 0.29) is 11.9 Å². The van der Waals surface area contributed by atoms with Crippen LogP contribution < -0.4 is 0 Å². The number of rotatable bonds is 2. The van der Waals surface area contributed by atoms with Crippen molar-refractivity contribution in [3.63, 3.8) is 0 Å². The zero-order chi connectivity index (χ0) is 24.6. The second kappa shape index (κ2) is 8.61. The summed E-state index contributed by atoms with van der Waals surface area (Å²) in [6.07, 6.45) is 12.0. The number of carbonyl (C=O) groups is 1. The lowest BCUT2D eigenvalue weighted by Crippen LogP contribution is -2.55. The molecule has 0 N–H and O–H groups in total. The van der Waals surface area contributed by atoms with Crippen LogP contribution in [0.3, 0.4) is 0 Å². The molecule has 2 aliphatic heterocycles. The summed E-state index contributed by atoms with van der Waals surface area (Å²) in [5, 5.41) is 0. The van der Waals surface area contributed by atoms with Crippen molar-refractivity contribution >= 4 is 6.16 Å². The standard InChI is InChI=1S/C30H48O5/c1-6-32-27(31)34-21-10-12-28(4)20(15-21)7-8-22-23(28)11-13-29(5)24(22)16-25-26(29)19(3)30(35-25)14-9-18(2)17-33-30/h18-26H,6-17H2,1-5H3/t18?,19-,20+,21-,22?,23?,24?,25-,26?,28-,29-,30+/m0/s1. The van der Waals surface area contributed by atoms with Crippen LogP contribution in [-0.4, -0.2) is 37.4 Å². The largest absolute Gasteiger partial charge is 0.508 e. The van der Waals surface area contributed by atoms with Crippen LogP contribution in [0.15, 0.2) is 0 Å². The third kappa shape index (κ3) is 3.64. The van der Waals surface area contributed by atoms with Gasteiger partial charge in [0.1, 0.15) is 6.10 Å². The molecule has 6 rings (SSSR count). The van der Waals surface area contributed by atoms with Gasteiger partial charge >= 0.3 is 6.16 Å². The van der Waals surface area contributed by atoms with Crippen molar-refractivity contribution in [1.82, 2.24) is 0 Å². The van der Waals surface area contributed by atoms with Crippen LogP contribution in [-0.2, 0) is 18.9 Å². The van der Waals surface area contributed by atoms with Gasteiger partial charge in [-0.05, 0) is 111 Å². The monoisotopic (exact) mass is 488 g/mol. The number of fused-ring (bicyclic) bond motifs is 7. The summed E-state index contributed by atoms with van der Waals surface area (Å²) < 4.78 is 24.2. The molecule has 4 saturated carbocycles. The molecule has 6 aliphatic rings. The summed E-state index contributed by atoms with van der Waals surface area (Å²) in [7, 11) is 0. The normalized spacial score (nSPS) is 54.9. The lowest BCUT2D eigenvalue weighted by atomic mass is 9.44. The van der Waals surface area contributed by atoms with Crippen molar-refractivity contribution < 1.29 is 23.7 Å². The molecule has 198 valence electrons. The van der Waals surface area contributed by atoms with Gasteiger partial charge in [0.15, 0.2) is 5.79 Å². The second-order valence-corrected chi connectivity index (χ2v) is 13.9. The fourth-order valence-electron chi connectivity index (χ4n) is 10.6. The first kappa shape index (κ1) is 24.5. The molecule has 0 amide bonds. The van der Waals surface area contributed by atoms with E-state index < -0.39 is 6.16 Å². The summed E-state index contributed by atoms with van der Waals surface area (Å²) >= 11 is 0. The molecule has 4 aliphatic carbocycles. The molecule has 12 atom stereocenters. The number of hydrogen-bond acceptors (Lipinski definition) is 5. The molecule has 5 heteroatoms. The molecule has 0 aromatic heterocycles. The lowest BCUT2D eigenvalue weighted by molar-refractivity contribution is -0.273. The maximum absolute atomic E-state index is 11.9. The first-order valence-corrected chi connectivity index (χ1v) is 14.9. The maximum atomic E-state index is 11.9. The van der Waals surface area contributed by atoms with Crippen LogP contribution in [0, 0.1) is 52.3 Å². The third-order valence-electron chi connectivity index (χ3n) is 12.4. The fraction of sp³-hybridized carbons (Fsp3) is 0.967. The van der Waals surface area contributed by atoms with E-state index in [0.717, 1.165) is 43.6 Å². The highest BCUT2D eigenvalue weighted by Gasteiger charge is 2.69. The van der Waals surface area contributed by atoms with Crippen molar-refractivity contribution in [1.29, 1.82) is 0 Å². The third-order valence-corrected chi connectivity index (χ3v) is 12.4. The first-order valence-electron chi connectivity index (χ1n) is 14.9. The van der Waals surface area contributed by atoms with Gasteiger partial charge in [-0.3, -0.25) is 0 Å². The average Bonchev–Trinajstić information content (AvgIpc) is 3.26. The molecule has 5 unspecified atom stereocenters. The van der Waals surface area contributed by atoms with Crippen molar-refractivity contribution in [2.45, 2.75) is 117 Å². The Morgan fingerprint density at radius 2 is 1.74 bits per heavy atom. The lowest BCUT2D eigenvalue weighted by Gasteiger charge is -2.61. The topological polar surface area (TPSA) is 54.0 Å². The van der Waals surface area contributed by atoms with Gasteiger partial charge in [-0.1, -0.05) is 27.7 Å². The summed E-state index contributed by atoms with van der Waals surface area (Å²) in [6.45, 7) is 13.0. The average molecular weight is 489 g/mol. The fourth-order valence-corrected chi connectivity index (χ4v) is 10.6.